The fraction of sp³-hybridized carbons (Fsp3) is 0.417. The van der Waals surface area contributed by atoms with Crippen LogP contribution in [-0.2, 0) is 4.79 Å². The summed E-state index contributed by atoms with van der Waals surface area (Å²) in [6.07, 6.45) is 0. The summed E-state index contributed by atoms with van der Waals surface area (Å²) in [5.41, 5.74) is -0.606. The molecule has 1 atom stereocenters. The first-order valence-corrected chi connectivity index (χ1v) is 7.28. The maximum Gasteiger partial charge on any atom is 0.211 e. The third kappa shape index (κ3) is 4.27. The first-order chi connectivity index (χ1) is 7.86. The minimum Gasteiger partial charge on any atom is -0.471 e. The fourth-order valence-corrected chi connectivity index (χ4v) is 2.29. The summed E-state index contributed by atoms with van der Waals surface area (Å²) in [5.74, 6) is 0.821. The van der Waals surface area contributed by atoms with Gasteiger partial charge in [-0.05, 0) is 40.2 Å². The summed E-state index contributed by atoms with van der Waals surface area (Å²) in [6.45, 7) is 3.59. The molecular weight excluding hydrogens is 371 g/mol. The van der Waals surface area contributed by atoms with E-state index in [-0.39, 0.29) is 11.7 Å². The van der Waals surface area contributed by atoms with E-state index in [1.54, 1.807) is 26.0 Å². The summed E-state index contributed by atoms with van der Waals surface area (Å²) in [6, 6.07) is 7.29. The molecular formula is C12H13Br2ClO2. The Balaban J connectivity index is 2.69. The quantitative estimate of drug-likeness (QED) is 0.704. The molecule has 94 valence electrons. The van der Waals surface area contributed by atoms with Gasteiger partial charge in [0.05, 0.1) is 0 Å². The van der Waals surface area contributed by atoms with Crippen molar-refractivity contribution >= 4 is 49.2 Å². The zero-order valence-corrected chi connectivity index (χ0v) is 13.5. The van der Waals surface area contributed by atoms with Crippen LogP contribution in [-0.4, -0.2) is 16.7 Å². The number of hydrogen-bond acceptors (Lipinski definition) is 2. The lowest BCUT2D eigenvalue weighted by Crippen LogP contribution is -2.35. The molecule has 2 nitrogen and oxygen atoms in total. The van der Waals surface area contributed by atoms with Gasteiger partial charge in [0.15, 0.2) is 5.78 Å². The van der Waals surface area contributed by atoms with E-state index in [4.69, 9.17) is 16.3 Å². The smallest absolute Gasteiger partial charge is 0.211 e. The van der Waals surface area contributed by atoms with Crippen molar-refractivity contribution in [2.75, 3.05) is 5.88 Å². The molecule has 17 heavy (non-hydrogen) atoms. The number of carbonyl (C=O) groups is 1. The molecule has 0 heterocycles. The number of halogens is 3. The van der Waals surface area contributed by atoms with E-state index in [0.717, 1.165) is 4.47 Å². The second-order valence-electron chi connectivity index (χ2n) is 4.27. The highest BCUT2D eigenvalue weighted by Gasteiger charge is 2.32. The van der Waals surface area contributed by atoms with Gasteiger partial charge >= 0.3 is 0 Å². The molecule has 0 radical (unpaired) electrons. The third-order valence-corrected chi connectivity index (χ3v) is 4.06. The molecule has 5 heteroatoms. The van der Waals surface area contributed by atoms with Crippen molar-refractivity contribution in [2.45, 2.75) is 18.9 Å². The maximum atomic E-state index is 12.0. The molecule has 0 aliphatic carbocycles. The van der Waals surface area contributed by atoms with E-state index in [0.29, 0.717) is 5.75 Å². The van der Waals surface area contributed by atoms with Gasteiger partial charge in [0.1, 0.15) is 5.75 Å². The number of carbonyl (C=O) groups excluding carboxylic acids is 1. The molecule has 0 aromatic heterocycles. The molecule has 0 fully saturated rings. The molecule has 0 N–H and O–H groups in total. The van der Waals surface area contributed by atoms with Crippen molar-refractivity contribution in [1.82, 2.24) is 0 Å². The summed E-state index contributed by atoms with van der Waals surface area (Å²) in [7, 11) is 0. The number of alkyl halides is 2. The minimum absolute atomic E-state index is 0.0737. The van der Waals surface area contributed by atoms with Gasteiger partial charge in [-0.25, -0.2) is 0 Å². The van der Waals surface area contributed by atoms with Gasteiger partial charge < -0.3 is 4.74 Å². The van der Waals surface area contributed by atoms with Crippen molar-refractivity contribution < 1.29 is 9.53 Å². The maximum absolute atomic E-state index is 12.0. The highest BCUT2D eigenvalue weighted by molar-refractivity contribution is 9.10. The summed E-state index contributed by atoms with van der Waals surface area (Å²) in [5, 5.41) is -0.683. The second-order valence-corrected chi connectivity index (χ2v) is 6.28. The molecule has 0 saturated carbocycles. The van der Waals surface area contributed by atoms with Crippen LogP contribution in [0.1, 0.15) is 13.8 Å². The lowest BCUT2D eigenvalue weighted by atomic mass is 9.91. The fourth-order valence-electron chi connectivity index (χ4n) is 1.06. The van der Waals surface area contributed by atoms with Crippen LogP contribution in [0.4, 0.5) is 0 Å². The van der Waals surface area contributed by atoms with Crippen LogP contribution < -0.4 is 4.74 Å². The first-order valence-electron chi connectivity index (χ1n) is 5.03. The van der Waals surface area contributed by atoms with Gasteiger partial charge in [-0.2, -0.15) is 0 Å². The number of rotatable bonds is 5. The van der Waals surface area contributed by atoms with Crippen LogP contribution in [0.25, 0.3) is 0 Å². The zero-order valence-electron chi connectivity index (χ0n) is 9.54. The van der Waals surface area contributed by atoms with Crippen LogP contribution >= 0.6 is 43.5 Å². The highest BCUT2D eigenvalue weighted by Crippen LogP contribution is 2.26. The molecule has 0 aliphatic rings. The topological polar surface area (TPSA) is 26.3 Å². The lowest BCUT2D eigenvalue weighted by Gasteiger charge is -2.23. The van der Waals surface area contributed by atoms with Crippen molar-refractivity contribution in [1.29, 1.82) is 0 Å². The van der Waals surface area contributed by atoms with E-state index in [1.807, 2.05) is 12.1 Å². The van der Waals surface area contributed by atoms with Crippen molar-refractivity contribution in [3.63, 3.8) is 0 Å². The number of Topliss-reactive ketones (excluding diaryl/α,β-unsaturated/α-hetero) is 1. The van der Waals surface area contributed by atoms with Gasteiger partial charge in [-0.1, -0.05) is 29.8 Å². The molecule has 1 unspecified atom stereocenters. The van der Waals surface area contributed by atoms with Crippen LogP contribution in [0.5, 0.6) is 5.75 Å². The standard InChI is InChI=1S/C12H13Br2ClO2/c1-12(2,7-15)10(16)11(14)17-9-5-3-8(13)4-6-9/h3-6,11H,7H2,1-2H3. The van der Waals surface area contributed by atoms with Crippen LogP contribution in [0.3, 0.4) is 0 Å². The molecule has 0 spiro atoms. The SMILES string of the molecule is CC(C)(CCl)C(=O)C(Br)Oc1ccc(Br)cc1. The number of hydrogen-bond donors (Lipinski definition) is 0. The van der Waals surface area contributed by atoms with E-state index in [9.17, 15) is 4.79 Å². The predicted molar refractivity (Wildman–Crippen MR) is 77.0 cm³/mol. The summed E-state index contributed by atoms with van der Waals surface area (Å²) < 4.78 is 6.47. The summed E-state index contributed by atoms with van der Waals surface area (Å²) in [4.78, 5) is 12.0. The van der Waals surface area contributed by atoms with Crippen LogP contribution in [0, 0.1) is 5.41 Å². The minimum atomic E-state index is -0.683. The molecule has 0 amide bonds. The van der Waals surface area contributed by atoms with Gasteiger partial charge in [0, 0.05) is 15.8 Å². The Labute approximate surface area is 123 Å². The normalized spacial score (nSPS) is 13.2. The molecule has 1 aromatic carbocycles. The molecule has 1 rings (SSSR count). The summed E-state index contributed by atoms with van der Waals surface area (Å²) >= 11 is 12.3. The van der Waals surface area contributed by atoms with Crippen LogP contribution in [0.15, 0.2) is 28.7 Å². The van der Waals surface area contributed by atoms with E-state index in [2.05, 4.69) is 31.9 Å². The number of ether oxygens (including phenoxy) is 1. The Morgan fingerprint density at radius 3 is 2.41 bits per heavy atom. The third-order valence-electron chi connectivity index (χ3n) is 2.26. The Morgan fingerprint density at radius 2 is 1.94 bits per heavy atom. The Hall–Kier alpha value is -0.0600. The van der Waals surface area contributed by atoms with E-state index in [1.165, 1.54) is 0 Å². The van der Waals surface area contributed by atoms with Crippen molar-refractivity contribution in [3.8, 4) is 5.75 Å². The van der Waals surface area contributed by atoms with Gasteiger partial charge in [-0.3, -0.25) is 4.79 Å². The average Bonchev–Trinajstić information content (AvgIpc) is 2.31. The monoisotopic (exact) mass is 382 g/mol. The van der Waals surface area contributed by atoms with Crippen molar-refractivity contribution in [3.05, 3.63) is 28.7 Å². The number of benzene rings is 1. The largest absolute Gasteiger partial charge is 0.471 e. The van der Waals surface area contributed by atoms with Gasteiger partial charge in [0.25, 0.3) is 0 Å². The predicted octanol–water partition coefficient (Wildman–Crippen LogP) is 4.38. The van der Waals surface area contributed by atoms with Crippen molar-refractivity contribution in [2.24, 2.45) is 5.41 Å². The Bertz CT molecular complexity index is 390. The van der Waals surface area contributed by atoms with E-state index < -0.39 is 10.4 Å². The zero-order chi connectivity index (χ0) is 13.1. The van der Waals surface area contributed by atoms with E-state index >= 15 is 0 Å². The second kappa shape index (κ2) is 6.21. The molecule has 0 aliphatic heterocycles. The van der Waals surface area contributed by atoms with Gasteiger partial charge in [-0.15, -0.1) is 11.6 Å². The average molecular weight is 384 g/mol. The first kappa shape index (κ1) is 15.0. The molecule has 0 saturated heterocycles. The van der Waals surface area contributed by atoms with Gasteiger partial charge in [0.2, 0.25) is 5.01 Å². The number of ketones is 1. The Morgan fingerprint density at radius 1 is 1.41 bits per heavy atom. The van der Waals surface area contributed by atoms with Crippen LogP contribution in [0.2, 0.25) is 0 Å². The molecule has 1 aromatic rings. The molecule has 0 bridgehead atoms. The highest BCUT2D eigenvalue weighted by atomic mass is 79.9. The Kier molecular flexibility index (Phi) is 5.48. The lowest BCUT2D eigenvalue weighted by molar-refractivity contribution is -0.129.